The van der Waals surface area contributed by atoms with E-state index in [1.165, 1.54) is 11.1 Å². The summed E-state index contributed by atoms with van der Waals surface area (Å²) in [6.07, 6.45) is 1.96. The standard InChI is InChI=1S/C13H18N4S/c1-3-5-12-15-16-13(18)17(12)14-9-11-7-4-6-10(2)8-11/h4,6-8,14H,3,5,9H2,1-2H3,(H,16,18). The van der Waals surface area contributed by atoms with Crippen molar-refractivity contribution >= 4 is 12.2 Å². The van der Waals surface area contributed by atoms with Crippen molar-refractivity contribution in [3.8, 4) is 0 Å². The molecule has 0 bridgehead atoms. The second kappa shape index (κ2) is 5.82. The Kier molecular flexibility index (Phi) is 4.15. The van der Waals surface area contributed by atoms with Gasteiger partial charge in [0, 0.05) is 6.42 Å². The van der Waals surface area contributed by atoms with Gasteiger partial charge in [0.15, 0.2) is 5.82 Å². The highest BCUT2D eigenvalue weighted by molar-refractivity contribution is 7.71. The molecule has 0 unspecified atom stereocenters. The number of aromatic amines is 1. The Bertz CT molecular complexity index is 570. The lowest BCUT2D eigenvalue weighted by atomic mass is 10.1. The van der Waals surface area contributed by atoms with Gasteiger partial charge in [-0.3, -0.25) is 5.10 Å². The molecule has 0 atom stereocenters. The number of benzene rings is 1. The minimum Gasteiger partial charge on any atom is -0.318 e. The summed E-state index contributed by atoms with van der Waals surface area (Å²) in [5.74, 6) is 0.954. The molecular weight excluding hydrogens is 244 g/mol. The summed E-state index contributed by atoms with van der Waals surface area (Å²) in [5, 5.41) is 7.04. The fourth-order valence-corrected chi connectivity index (χ4v) is 2.09. The van der Waals surface area contributed by atoms with Crippen LogP contribution in [-0.2, 0) is 13.0 Å². The molecule has 0 aliphatic rings. The predicted molar refractivity (Wildman–Crippen MR) is 75.7 cm³/mol. The van der Waals surface area contributed by atoms with E-state index in [-0.39, 0.29) is 0 Å². The van der Waals surface area contributed by atoms with Crippen LogP contribution in [-0.4, -0.2) is 14.9 Å². The molecule has 18 heavy (non-hydrogen) atoms. The van der Waals surface area contributed by atoms with E-state index in [2.05, 4.69) is 53.7 Å². The lowest BCUT2D eigenvalue weighted by Crippen LogP contribution is -2.17. The van der Waals surface area contributed by atoms with Crippen molar-refractivity contribution in [2.45, 2.75) is 33.2 Å². The third-order valence-corrected chi connectivity index (χ3v) is 3.01. The summed E-state index contributed by atoms with van der Waals surface area (Å²) in [6.45, 7) is 4.96. The van der Waals surface area contributed by atoms with Gasteiger partial charge in [-0.15, -0.1) is 0 Å². The van der Waals surface area contributed by atoms with E-state index in [9.17, 15) is 0 Å². The van der Waals surface area contributed by atoms with Crippen LogP contribution in [0.2, 0.25) is 0 Å². The van der Waals surface area contributed by atoms with E-state index in [1.54, 1.807) is 0 Å². The highest BCUT2D eigenvalue weighted by Gasteiger charge is 2.04. The molecule has 0 radical (unpaired) electrons. The van der Waals surface area contributed by atoms with Crippen LogP contribution < -0.4 is 5.43 Å². The first-order valence-corrected chi connectivity index (χ1v) is 6.57. The molecule has 4 nitrogen and oxygen atoms in total. The number of aryl methyl sites for hydroxylation is 2. The topological polar surface area (TPSA) is 45.6 Å². The van der Waals surface area contributed by atoms with Crippen LogP contribution in [0.5, 0.6) is 0 Å². The van der Waals surface area contributed by atoms with Crippen molar-refractivity contribution in [2.24, 2.45) is 0 Å². The average Bonchev–Trinajstić information content (AvgIpc) is 2.69. The van der Waals surface area contributed by atoms with E-state index >= 15 is 0 Å². The number of nitrogens with zero attached hydrogens (tertiary/aromatic N) is 2. The molecule has 0 aliphatic heterocycles. The Morgan fingerprint density at radius 3 is 3.00 bits per heavy atom. The summed E-state index contributed by atoms with van der Waals surface area (Å²) in [6, 6.07) is 8.42. The number of hydrogen-bond acceptors (Lipinski definition) is 3. The van der Waals surface area contributed by atoms with Crippen molar-refractivity contribution in [1.82, 2.24) is 14.9 Å². The maximum Gasteiger partial charge on any atom is 0.214 e. The first kappa shape index (κ1) is 12.8. The predicted octanol–water partition coefficient (Wildman–Crippen LogP) is 2.95. The fourth-order valence-electron chi connectivity index (χ4n) is 1.88. The number of hydrogen-bond donors (Lipinski definition) is 2. The molecule has 2 rings (SSSR count). The maximum absolute atomic E-state index is 5.21. The number of aromatic nitrogens is 3. The number of H-pyrrole nitrogens is 1. The molecule has 0 fully saturated rings. The summed E-state index contributed by atoms with van der Waals surface area (Å²) in [7, 11) is 0. The quantitative estimate of drug-likeness (QED) is 0.814. The van der Waals surface area contributed by atoms with Crippen molar-refractivity contribution in [2.75, 3.05) is 5.43 Å². The highest BCUT2D eigenvalue weighted by Crippen LogP contribution is 2.05. The molecule has 2 N–H and O–H groups in total. The zero-order valence-corrected chi connectivity index (χ0v) is 11.5. The number of nitrogens with one attached hydrogen (secondary N) is 2. The van der Waals surface area contributed by atoms with Gasteiger partial charge < -0.3 is 5.43 Å². The van der Waals surface area contributed by atoms with E-state index < -0.39 is 0 Å². The van der Waals surface area contributed by atoms with Crippen LogP contribution in [0.25, 0.3) is 0 Å². The van der Waals surface area contributed by atoms with Gasteiger partial charge in [0.2, 0.25) is 4.77 Å². The van der Waals surface area contributed by atoms with Gasteiger partial charge in [-0.1, -0.05) is 36.8 Å². The fraction of sp³-hybridized carbons (Fsp3) is 0.385. The Morgan fingerprint density at radius 1 is 1.44 bits per heavy atom. The lowest BCUT2D eigenvalue weighted by Gasteiger charge is -2.10. The monoisotopic (exact) mass is 262 g/mol. The van der Waals surface area contributed by atoms with Crippen LogP contribution in [0.3, 0.4) is 0 Å². The first-order chi connectivity index (χ1) is 8.70. The van der Waals surface area contributed by atoms with Gasteiger partial charge in [-0.2, -0.15) is 5.10 Å². The Hall–Kier alpha value is -1.62. The van der Waals surface area contributed by atoms with Gasteiger partial charge in [0.25, 0.3) is 0 Å². The van der Waals surface area contributed by atoms with Crippen molar-refractivity contribution in [3.05, 3.63) is 46.0 Å². The van der Waals surface area contributed by atoms with Gasteiger partial charge >= 0.3 is 0 Å². The van der Waals surface area contributed by atoms with E-state index in [0.717, 1.165) is 25.2 Å². The molecule has 1 heterocycles. The molecule has 5 heteroatoms. The van der Waals surface area contributed by atoms with Gasteiger partial charge in [0.05, 0.1) is 6.54 Å². The normalized spacial score (nSPS) is 10.6. The van der Waals surface area contributed by atoms with Crippen LogP contribution in [0, 0.1) is 11.7 Å². The van der Waals surface area contributed by atoms with Crippen molar-refractivity contribution in [1.29, 1.82) is 0 Å². The van der Waals surface area contributed by atoms with Crippen LogP contribution in [0.4, 0.5) is 0 Å². The van der Waals surface area contributed by atoms with Crippen LogP contribution in [0.1, 0.15) is 30.3 Å². The second-order valence-corrected chi connectivity index (χ2v) is 4.74. The number of rotatable bonds is 5. The minimum absolute atomic E-state index is 0.617. The molecule has 0 spiro atoms. The minimum atomic E-state index is 0.617. The average molecular weight is 262 g/mol. The van der Waals surface area contributed by atoms with Crippen molar-refractivity contribution in [3.63, 3.8) is 0 Å². The third kappa shape index (κ3) is 2.98. The van der Waals surface area contributed by atoms with Crippen molar-refractivity contribution < 1.29 is 0 Å². The first-order valence-electron chi connectivity index (χ1n) is 6.16. The summed E-state index contributed by atoms with van der Waals surface area (Å²) in [4.78, 5) is 0. The second-order valence-electron chi connectivity index (χ2n) is 4.35. The SMILES string of the molecule is CCCc1n[nH]c(=S)n1NCc1cccc(C)c1. The Labute approximate surface area is 112 Å². The van der Waals surface area contributed by atoms with E-state index in [1.807, 2.05) is 4.68 Å². The van der Waals surface area contributed by atoms with Gasteiger partial charge in [0.1, 0.15) is 0 Å². The van der Waals surface area contributed by atoms with Crippen LogP contribution >= 0.6 is 12.2 Å². The summed E-state index contributed by atoms with van der Waals surface area (Å²) >= 11 is 5.21. The molecule has 0 saturated heterocycles. The summed E-state index contributed by atoms with van der Waals surface area (Å²) < 4.78 is 2.48. The molecular formula is C13H18N4S. The van der Waals surface area contributed by atoms with Gasteiger partial charge in [-0.05, 0) is 31.1 Å². The molecule has 1 aromatic carbocycles. The molecule has 0 aliphatic carbocycles. The third-order valence-electron chi connectivity index (χ3n) is 2.74. The molecule has 96 valence electrons. The molecule has 0 saturated carbocycles. The molecule has 0 amide bonds. The lowest BCUT2D eigenvalue weighted by molar-refractivity contribution is 0.731. The zero-order chi connectivity index (χ0) is 13.0. The highest BCUT2D eigenvalue weighted by atomic mass is 32.1. The zero-order valence-electron chi connectivity index (χ0n) is 10.7. The Morgan fingerprint density at radius 2 is 2.28 bits per heavy atom. The largest absolute Gasteiger partial charge is 0.318 e. The molecule has 1 aromatic heterocycles. The smallest absolute Gasteiger partial charge is 0.214 e. The maximum atomic E-state index is 5.21. The van der Waals surface area contributed by atoms with Gasteiger partial charge in [-0.25, -0.2) is 4.68 Å². The molecule has 2 aromatic rings. The van der Waals surface area contributed by atoms with E-state index in [0.29, 0.717) is 4.77 Å². The van der Waals surface area contributed by atoms with E-state index in [4.69, 9.17) is 12.2 Å². The Balaban J connectivity index is 2.10. The van der Waals surface area contributed by atoms with Crippen LogP contribution in [0.15, 0.2) is 24.3 Å². The summed E-state index contributed by atoms with van der Waals surface area (Å²) in [5.41, 5.74) is 5.81.